The summed E-state index contributed by atoms with van der Waals surface area (Å²) < 4.78 is 0. The largest absolute Gasteiger partial charge is 0.341 e. The van der Waals surface area contributed by atoms with Gasteiger partial charge in [0.15, 0.2) is 0 Å². The lowest BCUT2D eigenvalue weighted by Gasteiger charge is -2.07. The van der Waals surface area contributed by atoms with Crippen molar-refractivity contribution < 1.29 is 0 Å². The van der Waals surface area contributed by atoms with E-state index in [-0.39, 0.29) is 0 Å². The molecule has 1 heterocycles. The molecule has 0 bridgehead atoms. The molecule has 4 aromatic rings. The van der Waals surface area contributed by atoms with Crippen molar-refractivity contribution in [3.63, 3.8) is 0 Å². The van der Waals surface area contributed by atoms with Gasteiger partial charge in [-0.15, -0.1) is 0 Å². The second kappa shape index (κ2) is 4.67. The number of hydrogen-bond donors (Lipinski definition) is 2. The van der Waals surface area contributed by atoms with Crippen LogP contribution in [0.4, 0.5) is 11.5 Å². The third-order valence-electron chi connectivity index (χ3n) is 3.84. The zero-order valence-corrected chi connectivity index (χ0v) is 11.9. The van der Waals surface area contributed by atoms with Crippen LogP contribution < -0.4 is 5.32 Å². The third kappa shape index (κ3) is 2.15. The van der Waals surface area contributed by atoms with E-state index < -0.39 is 0 Å². The first-order valence-corrected chi connectivity index (χ1v) is 7.14. The minimum atomic E-state index is 1.02. The topological polar surface area (TPSA) is 27.8 Å². The lowest BCUT2D eigenvalue weighted by atomic mass is 10.1. The van der Waals surface area contributed by atoms with Gasteiger partial charge in [0, 0.05) is 22.0 Å². The highest BCUT2D eigenvalue weighted by Crippen LogP contribution is 2.28. The van der Waals surface area contributed by atoms with Crippen LogP contribution >= 0.6 is 0 Å². The van der Waals surface area contributed by atoms with Gasteiger partial charge in [0.2, 0.25) is 0 Å². The van der Waals surface area contributed by atoms with Gasteiger partial charge in [0.1, 0.15) is 5.82 Å². The molecule has 0 saturated carbocycles. The first-order valence-electron chi connectivity index (χ1n) is 7.14. The van der Waals surface area contributed by atoms with Crippen LogP contribution in [0, 0.1) is 6.92 Å². The number of aromatic amines is 1. The summed E-state index contributed by atoms with van der Waals surface area (Å²) in [5, 5.41) is 7.20. The van der Waals surface area contributed by atoms with E-state index in [0.717, 1.165) is 17.0 Å². The van der Waals surface area contributed by atoms with Gasteiger partial charge in [-0.2, -0.15) is 0 Å². The average Bonchev–Trinajstić information content (AvgIpc) is 2.89. The van der Waals surface area contributed by atoms with E-state index in [1.54, 1.807) is 0 Å². The molecule has 0 saturated heterocycles. The number of benzene rings is 3. The highest BCUT2D eigenvalue weighted by atomic mass is 15.0. The minimum Gasteiger partial charge on any atom is -0.341 e. The standard InChI is InChI=1S/C19H16N2/c1-13-9-10-15-12-19(21-18(15)11-13)20-17-8-4-6-14-5-2-3-7-16(14)17/h2-12,20-21H,1H3. The zero-order valence-electron chi connectivity index (χ0n) is 11.9. The molecule has 2 nitrogen and oxygen atoms in total. The lowest BCUT2D eigenvalue weighted by molar-refractivity contribution is 1.41. The number of hydrogen-bond acceptors (Lipinski definition) is 1. The number of aromatic nitrogens is 1. The molecule has 0 unspecified atom stereocenters. The van der Waals surface area contributed by atoms with E-state index in [1.807, 2.05) is 0 Å². The Kier molecular flexibility index (Phi) is 2.68. The number of H-pyrrole nitrogens is 1. The van der Waals surface area contributed by atoms with Gasteiger partial charge in [0.05, 0.1) is 0 Å². The predicted octanol–water partition coefficient (Wildman–Crippen LogP) is 5.37. The summed E-state index contributed by atoms with van der Waals surface area (Å²) in [6.45, 7) is 2.11. The van der Waals surface area contributed by atoms with E-state index in [1.165, 1.54) is 21.7 Å². The van der Waals surface area contributed by atoms with Crippen molar-refractivity contribution >= 4 is 33.2 Å². The zero-order chi connectivity index (χ0) is 14.2. The molecule has 0 aliphatic carbocycles. The van der Waals surface area contributed by atoms with E-state index in [0.29, 0.717) is 0 Å². The molecule has 0 aliphatic rings. The molecule has 1 aromatic heterocycles. The van der Waals surface area contributed by atoms with E-state index in [4.69, 9.17) is 0 Å². The van der Waals surface area contributed by atoms with Crippen molar-refractivity contribution in [2.24, 2.45) is 0 Å². The molecule has 21 heavy (non-hydrogen) atoms. The number of anilines is 2. The normalized spacial score (nSPS) is 11.1. The summed E-state index contributed by atoms with van der Waals surface area (Å²) in [6, 6.07) is 23.3. The van der Waals surface area contributed by atoms with E-state index >= 15 is 0 Å². The SMILES string of the molecule is Cc1ccc2cc(Nc3cccc4ccccc34)[nH]c2c1. The molecule has 0 aliphatic heterocycles. The summed E-state index contributed by atoms with van der Waals surface area (Å²) >= 11 is 0. The van der Waals surface area contributed by atoms with Crippen molar-refractivity contribution in [3.8, 4) is 0 Å². The molecule has 0 radical (unpaired) electrons. The summed E-state index contributed by atoms with van der Waals surface area (Å²) in [4.78, 5) is 3.44. The smallest absolute Gasteiger partial charge is 0.108 e. The molecule has 2 N–H and O–H groups in total. The fourth-order valence-corrected chi connectivity index (χ4v) is 2.79. The molecule has 0 spiro atoms. The van der Waals surface area contributed by atoms with Crippen molar-refractivity contribution in [2.45, 2.75) is 6.92 Å². The molecular formula is C19H16N2. The monoisotopic (exact) mass is 272 g/mol. The predicted molar refractivity (Wildman–Crippen MR) is 90.3 cm³/mol. The number of aryl methyl sites for hydroxylation is 1. The number of fused-ring (bicyclic) bond motifs is 2. The maximum absolute atomic E-state index is 3.50. The first kappa shape index (κ1) is 12.0. The third-order valence-corrected chi connectivity index (χ3v) is 3.84. The quantitative estimate of drug-likeness (QED) is 0.504. The lowest BCUT2D eigenvalue weighted by Crippen LogP contribution is -1.91. The fraction of sp³-hybridized carbons (Fsp3) is 0.0526. The second-order valence-corrected chi connectivity index (χ2v) is 5.43. The van der Waals surface area contributed by atoms with Gasteiger partial charge < -0.3 is 10.3 Å². The van der Waals surface area contributed by atoms with Gasteiger partial charge in [-0.25, -0.2) is 0 Å². The molecule has 0 fully saturated rings. The Morgan fingerprint density at radius 1 is 0.810 bits per heavy atom. The van der Waals surface area contributed by atoms with Crippen molar-refractivity contribution in [1.29, 1.82) is 0 Å². The van der Waals surface area contributed by atoms with Crippen LogP contribution in [0.2, 0.25) is 0 Å². The van der Waals surface area contributed by atoms with Crippen LogP contribution in [0.25, 0.3) is 21.7 Å². The van der Waals surface area contributed by atoms with Gasteiger partial charge in [0.25, 0.3) is 0 Å². The maximum Gasteiger partial charge on any atom is 0.108 e. The first-order chi connectivity index (χ1) is 10.3. The van der Waals surface area contributed by atoms with Crippen LogP contribution in [0.15, 0.2) is 66.7 Å². The summed E-state index contributed by atoms with van der Waals surface area (Å²) in [6.07, 6.45) is 0. The second-order valence-electron chi connectivity index (χ2n) is 5.43. The van der Waals surface area contributed by atoms with Crippen LogP contribution in [0.5, 0.6) is 0 Å². The fourth-order valence-electron chi connectivity index (χ4n) is 2.79. The molecule has 0 amide bonds. The van der Waals surface area contributed by atoms with Crippen molar-refractivity contribution in [3.05, 3.63) is 72.3 Å². The van der Waals surface area contributed by atoms with E-state index in [2.05, 4.69) is 84.0 Å². The van der Waals surface area contributed by atoms with Gasteiger partial charge in [-0.1, -0.05) is 48.5 Å². The Labute approximate surface area is 123 Å². The summed E-state index contributed by atoms with van der Waals surface area (Å²) in [7, 11) is 0. The van der Waals surface area contributed by atoms with Crippen LogP contribution in [-0.2, 0) is 0 Å². The minimum absolute atomic E-state index is 1.02. The van der Waals surface area contributed by atoms with Crippen LogP contribution in [0.3, 0.4) is 0 Å². The highest BCUT2D eigenvalue weighted by Gasteiger charge is 2.04. The van der Waals surface area contributed by atoms with Gasteiger partial charge in [-0.3, -0.25) is 0 Å². The van der Waals surface area contributed by atoms with Crippen LogP contribution in [-0.4, -0.2) is 4.98 Å². The Bertz CT molecular complexity index is 929. The molecule has 2 heteroatoms. The number of rotatable bonds is 2. The maximum atomic E-state index is 3.50. The average molecular weight is 272 g/mol. The molecule has 102 valence electrons. The van der Waals surface area contributed by atoms with Gasteiger partial charge >= 0.3 is 0 Å². The van der Waals surface area contributed by atoms with Gasteiger partial charge in [-0.05, 0) is 36.1 Å². The van der Waals surface area contributed by atoms with Crippen LogP contribution in [0.1, 0.15) is 5.56 Å². The Morgan fingerprint density at radius 2 is 1.67 bits per heavy atom. The molecule has 3 aromatic carbocycles. The molecular weight excluding hydrogens is 256 g/mol. The Morgan fingerprint density at radius 3 is 2.62 bits per heavy atom. The summed E-state index contributed by atoms with van der Waals surface area (Å²) in [5.74, 6) is 1.02. The summed E-state index contributed by atoms with van der Waals surface area (Å²) in [5.41, 5.74) is 3.55. The Balaban J connectivity index is 1.79. The highest BCUT2D eigenvalue weighted by molar-refractivity contribution is 5.96. The molecule has 4 rings (SSSR count). The Hall–Kier alpha value is -2.74. The number of nitrogens with one attached hydrogen (secondary N) is 2. The van der Waals surface area contributed by atoms with E-state index in [9.17, 15) is 0 Å². The molecule has 0 atom stereocenters. The van der Waals surface area contributed by atoms with Crippen molar-refractivity contribution in [2.75, 3.05) is 5.32 Å². The van der Waals surface area contributed by atoms with Crippen molar-refractivity contribution in [1.82, 2.24) is 4.98 Å².